The van der Waals surface area contributed by atoms with E-state index in [9.17, 15) is 13.5 Å². The van der Waals surface area contributed by atoms with E-state index >= 15 is 0 Å². The van der Waals surface area contributed by atoms with Crippen LogP contribution in [0, 0.1) is 26.7 Å². The minimum Gasteiger partial charge on any atom is -0.490 e. The number of hydrogen-bond donors (Lipinski definition) is 2. The Bertz CT molecular complexity index is 1070. The molecule has 0 spiro atoms. The molecule has 1 saturated carbocycles. The molecule has 2 aromatic rings. The molecule has 1 aliphatic carbocycles. The second kappa shape index (κ2) is 10.0. The highest BCUT2D eigenvalue weighted by Gasteiger charge is 2.33. The summed E-state index contributed by atoms with van der Waals surface area (Å²) >= 11 is 0. The zero-order valence-corrected chi connectivity index (χ0v) is 20.3. The lowest BCUT2D eigenvalue weighted by Crippen LogP contribution is -2.32. The number of rotatable bonds is 11. The van der Waals surface area contributed by atoms with Gasteiger partial charge in [0.25, 0.3) is 0 Å². The number of aryl methyl sites for hydroxylation is 3. The van der Waals surface area contributed by atoms with Crippen LogP contribution in [0.2, 0.25) is 0 Å². The van der Waals surface area contributed by atoms with Crippen molar-refractivity contribution in [2.24, 2.45) is 5.92 Å². The van der Waals surface area contributed by atoms with Crippen LogP contribution in [0.3, 0.4) is 0 Å². The minimum atomic E-state index is -3.31. The fourth-order valence-corrected chi connectivity index (χ4v) is 5.82. The summed E-state index contributed by atoms with van der Waals surface area (Å²) in [5.41, 5.74) is 3.72. The number of hydrogen-bond acceptors (Lipinski definition) is 8. The zero-order valence-electron chi connectivity index (χ0n) is 19.4. The first-order valence-corrected chi connectivity index (χ1v) is 12.7. The molecular weight excluding hydrogens is 430 g/mol. The standard InChI is InChI=1S/C23H33N3O5S/c1-6-19(32(28,29)13-17-7-8-17)25-21-16(4)24-22(26-23(21)30-5)20-15(3)11-14(2)12-18(20)31-10-9-27/h11-12,17,19,25,27H,6-10,13H2,1-5H3. The normalized spacial score (nSPS) is 14.8. The molecule has 9 heteroatoms. The van der Waals surface area contributed by atoms with E-state index in [1.54, 1.807) is 6.92 Å². The van der Waals surface area contributed by atoms with Crippen LogP contribution in [0.15, 0.2) is 12.1 Å². The predicted octanol–water partition coefficient (Wildman–Crippen LogP) is 3.42. The van der Waals surface area contributed by atoms with E-state index in [1.165, 1.54) is 7.11 Å². The van der Waals surface area contributed by atoms with E-state index < -0.39 is 15.2 Å². The molecule has 1 heterocycles. The van der Waals surface area contributed by atoms with Crippen molar-refractivity contribution in [1.82, 2.24) is 9.97 Å². The molecule has 1 fully saturated rings. The number of benzene rings is 1. The van der Waals surface area contributed by atoms with Crippen LogP contribution in [-0.4, -0.2) is 54.9 Å². The van der Waals surface area contributed by atoms with E-state index in [2.05, 4.69) is 15.3 Å². The van der Waals surface area contributed by atoms with Gasteiger partial charge in [-0.05, 0) is 63.1 Å². The lowest BCUT2D eigenvalue weighted by Gasteiger charge is -2.22. The monoisotopic (exact) mass is 463 g/mol. The van der Waals surface area contributed by atoms with Crippen LogP contribution >= 0.6 is 0 Å². The lowest BCUT2D eigenvalue weighted by molar-refractivity contribution is 0.201. The Morgan fingerprint density at radius 1 is 1.22 bits per heavy atom. The first-order valence-electron chi connectivity index (χ1n) is 11.0. The Morgan fingerprint density at radius 2 is 1.94 bits per heavy atom. The van der Waals surface area contributed by atoms with Crippen molar-refractivity contribution in [3.05, 3.63) is 29.0 Å². The third kappa shape index (κ3) is 5.50. The van der Waals surface area contributed by atoms with Gasteiger partial charge in [-0.3, -0.25) is 0 Å². The molecule has 32 heavy (non-hydrogen) atoms. The van der Waals surface area contributed by atoms with Gasteiger partial charge in [-0.2, -0.15) is 4.98 Å². The SMILES string of the molecule is CCC(Nc1c(C)nc(-c2c(C)cc(C)cc2OCCO)nc1OC)S(=O)(=O)CC1CC1. The summed E-state index contributed by atoms with van der Waals surface area (Å²) in [5.74, 6) is 1.76. The Kier molecular flexibility index (Phi) is 7.61. The second-order valence-electron chi connectivity index (χ2n) is 8.36. The molecule has 1 atom stereocenters. The number of aliphatic hydroxyl groups is 1. The molecule has 0 radical (unpaired) electrons. The number of aromatic nitrogens is 2. The number of anilines is 1. The number of nitrogens with one attached hydrogen (secondary N) is 1. The summed E-state index contributed by atoms with van der Waals surface area (Å²) in [7, 11) is -1.80. The molecular formula is C23H33N3O5S. The van der Waals surface area contributed by atoms with Gasteiger partial charge in [0.1, 0.15) is 23.4 Å². The fraction of sp³-hybridized carbons (Fsp3) is 0.565. The van der Waals surface area contributed by atoms with Gasteiger partial charge in [0.05, 0.1) is 30.7 Å². The van der Waals surface area contributed by atoms with Crippen molar-refractivity contribution in [1.29, 1.82) is 0 Å². The number of methoxy groups -OCH3 is 1. The van der Waals surface area contributed by atoms with Gasteiger partial charge in [-0.1, -0.05) is 13.0 Å². The van der Waals surface area contributed by atoms with Crippen LogP contribution in [-0.2, 0) is 9.84 Å². The van der Waals surface area contributed by atoms with Crippen molar-refractivity contribution < 1.29 is 23.0 Å². The van der Waals surface area contributed by atoms with Gasteiger partial charge in [-0.25, -0.2) is 13.4 Å². The molecule has 1 aromatic carbocycles. The minimum absolute atomic E-state index is 0.105. The van der Waals surface area contributed by atoms with Crippen molar-refractivity contribution >= 4 is 15.5 Å². The zero-order chi connectivity index (χ0) is 23.5. The molecule has 0 amide bonds. The predicted molar refractivity (Wildman–Crippen MR) is 125 cm³/mol. The van der Waals surface area contributed by atoms with E-state index in [4.69, 9.17) is 9.47 Å². The van der Waals surface area contributed by atoms with Gasteiger partial charge >= 0.3 is 0 Å². The summed E-state index contributed by atoms with van der Waals surface area (Å²) < 4.78 is 37.0. The average Bonchev–Trinajstić information content (AvgIpc) is 3.53. The summed E-state index contributed by atoms with van der Waals surface area (Å²) in [6.07, 6.45) is 2.38. The molecule has 0 bridgehead atoms. The van der Waals surface area contributed by atoms with Crippen LogP contribution in [0.25, 0.3) is 11.4 Å². The number of nitrogens with zero attached hydrogens (tertiary/aromatic N) is 2. The molecule has 1 aliphatic rings. The van der Waals surface area contributed by atoms with Gasteiger partial charge in [0, 0.05) is 0 Å². The number of ether oxygens (including phenoxy) is 2. The first-order chi connectivity index (χ1) is 15.2. The van der Waals surface area contributed by atoms with E-state index in [0.717, 1.165) is 24.0 Å². The van der Waals surface area contributed by atoms with Crippen molar-refractivity contribution in [3.63, 3.8) is 0 Å². The summed E-state index contributed by atoms with van der Waals surface area (Å²) in [6.45, 7) is 7.61. The largest absolute Gasteiger partial charge is 0.490 e. The maximum absolute atomic E-state index is 12.9. The Morgan fingerprint density at radius 3 is 2.53 bits per heavy atom. The Labute approximate surface area is 190 Å². The second-order valence-corrected chi connectivity index (χ2v) is 10.6. The highest BCUT2D eigenvalue weighted by atomic mass is 32.2. The molecule has 8 nitrogen and oxygen atoms in total. The van der Waals surface area contributed by atoms with E-state index in [1.807, 2.05) is 32.9 Å². The number of aliphatic hydroxyl groups excluding tert-OH is 1. The van der Waals surface area contributed by atoms with Crippen molar-refractivity contribution in [3.8, 4) is 23.0 Å². The Balaban J connectivity index is 2.00. The quantitative estimate of drug-likeness (QED) is 0.522. The maximum atomic E-state index is 12.9. The highest BCUT2D eigenvalue weighted by molar-refractivity contribution is 7.92. The molecule has 1 aromatic heterocycles. The molecule has 0 aliphatic heterocycles. The average molecular weight is 464 g/mol. The van der Waals surface area contributed by atoms with Gasteiger partial charge in [-0.15, -0.1) is 0 Å². The van der Waals surface area contributed by atoms with Gasteiger partial charge in [0.15, 0.2) is 15.7 Å². The lowest BCUT2D eigenvalue weighted by atomic mass is 10.0. The molecule has 2 N–H and O–H groups in total. The molecule has 176 valence electrons. The number of sulfone groups is 1. The van der Waals surface area contributed by atoms with E-state index in [-0.39, 0.29) is 30.8 Å². The molecule has 1 unspecified atom stereocenters. The third-order valence-electron chi connectivity index (χ3n) is 5.54. The van der Waals surface area contributed by atoms with E-state index in [0.29, 0.717) is 34.9 Å². The van der Waals surface area contributed by atoms with Crippen molar-refractivity contribution in [2.45, 2.75) is 52.3 Å². The van der Waals surface area contributed by atoms with Gasteiger partial charge < -0.3 is 19.9 Å². The Hall–Kier alpha value is -2.39. The van der Waals surface area contributed by atoms with Crippen LogP contribution < -0.4 is 14.8 Å². The first kappa shape index (κ1) is 24.3. The maximum Gasteiger partial charge on any atom is 0.241 e. The topological polar surface area (TPSA) is 111 Å². The van der Waals surface area contributed by atoms with Gasteiger partial charge in [0.2, 0.25) is 5.88 Å². The summed E-state index contributed by atoms with van der Waals surface area (Å²) in [5, 5.41) is 11.6. The highest BCUT2D eigenvalue weighted by Crippen LogP contribution is 2.37. The summed E-state index contributed by atoms with van der Waals surface area (Å²) in [4.78, 5) is 9.25. The third-order valence-corrected chi connectivity index (χ3v) is 7.79. The van der Waals surface area contributed by atoms with Crippen LogP contribution in [0.4, 0.5) is 5.69 Å². The fourth-order valence-electron chi connectivity index (χ4n) is 3.79. The molecule has 3 rings (SSSR count). The van der Waals surface area contributed by atoms with Crippen molar-refractivity contribution in [2.75, 3.05) is 31.4 Å². The van der Waals surface area contributed by atoms with Crippen LogP contribution in [0.5, 0.6) is 11.6 Å². The smallest absolute Gasteiger partial charge is 0.241 e. The molecule has 0 saturated heterocycles. The summed E-state index contributed by atoms with van der Waals surface area (Å²) in [6, 6.07) is 3.89. The van der Waals surface area contributed by atoms with Crippen LogP contribution in [0.1, 0.15) is 43.0 Å².